The van der Waals surface area contributed by atoms with Crippen molar-refractivity contribution in [1.29, 1.82) is 0 Å². The lowest BCUT2D eigenvalue weighted by molar-refractivity contribution is -0.151. The zero-order chi connectivity index (χ0) is 10.5. The summed E-state index contributed by atoms with van der Waals surface area (Å²) in [5.41, 5.74) is 0. The van der Waals surface area contributed by atoms with E-state index in [1.54, 1.807) is 0 Å². The van der Waals surface area contributed by atoms with Crippen LogP contribution < -0.4 is 0 Å². The van der Waals surface area contributed by atoms with Gasteiger partial charge >= 0.3 is 5.97 Å². The van der Waals surface area contributed by atoms with Crippen molar-refractivity contribution in [1.82, 2.24) is 0 Å². The van der Waals surface area contributed by atoms with Crippen molar-refractivity contribution in [2.45, 2.75) is 57.5 Å². The largest absolute Gasteiger partial charge is 0.462 e. The lowest BCUT2D eigenvalue weighted by atomic mass is 9.97. The molecule has 0 heterocycles. The molecule has 0 aromatic carbocycles. The van der Waals surface area contributed by atoms with Gasteiger partial charge in [-0.1, -0.05) is 18.6 Å². The van der Waals surface area contributed by atoms with Crippen LogP contribution in [0.25, 0.3) is 0 Å². The molecule has 1 saturated carbocycles. The summed E-state index contributed by atoms with van der Waals surface area (Å²) in [6, 6.07) is 0. The Bertz CT molecular complexity index is 239. The molecule has 1 unspecified atom stereocenters. The van der Waals surface area contributed by atoms with Crippen LogP contribution in [0.15, 0.2) is 12.2 Å². The Labute approximate surface area is 91.7 Å². The third kappa shape index (κ3) is 3.37. The molecule has 1 atom stereocenters. The minimum atomic E-state index is 0.0125. The summed E-state index contributed by atoms with van der Waals surface area (Å²) in [4.78, 5) is 11.6. The van der Waals surface area contributed by atoms with Gasteiger partial charge in [-0.2, -0.15) is 0 Å². The molecule has 0 bridgehead atoms. The predicted molar refractivity (Wildman–Crippen MR) is 59.4 cm³/mol. The third-order valence-corrected chi connectivity index (χ3v) is 3.39. The van der Waals surface area contributed by atoms with Gasteiger partial charge in [0.2, 0.25) is 0 Å². The highest BCUT2D eigenvalue weighted by Crippen LogP contribution is 2.24. The van der Waals surface area contributed by atoms with Crippen LogP contribution in [0.4, 0.5) is 0 Å². The first-order valence-electron chi connectivity index (χ1n) is 6.21. The average Bonchev–Trinajstić information content (AvgIpc) is 2.71. The number of ether oxygens (including phenoxy) is 1. The zero-order valence-electron chi connectivity index (χ0n) is 9.28. The second-order valence-corrected chi connectivity index (χ2v) is 4.72. The van der Waals surface area contributed by atoms with Gasteiger partial charge in [-0.25, -0.2) is 0 Å². The van der Waals surface area contributed by atoms with Gasteiger partial charge in [0.15, 0.2) is 0 Å². The van der Waals surface area contributed by atoms with E-state index in [9.17, 15) is 4.79 Å². The van der Waals surface area contributed by atoms with Gasteiger partial charge in [0.05, 0.1) is 6.42 Å². The van der Waals surface area contributed by atoms with Gasteiger partial charge in [-0.3, -0.25) is 4.79 Å². The SMILES string of the molecule is O=C(CC1C=CCC1)OC1CCCCC1. The van der Waals surface area contributed by atoms with E-state index in [1.807, 2.05) is 0 Å². The van der Waals surface area contributed by atoms with Crippen molar-refractivity contribution in [3.8, 4) is 0 Å². The lowest BCUT2D eigenvalue weighted by Crippen LogP contribution is -2.21. The number of hydrogen-bond acceptors (Lipinski definition) is 2. The molecule has 0 aromatic rings. The van der Waals surface area contributed by atoms with Crippen molar-refractivity contribution in [3.63, 3.8) is 0 Å². The van der Waals surface area contributed by atoms with Gasteiger partial charge in [0.25, 0.3) is 0 Å². The molecule has 2 aliphatic rings. The van der Waals surface area contributed by atoms with E-state index in [4.69, 9.17) is 4.74 Å². The Balaban J connectivity index is 1.69. The van der Waals surface area contributed by atoms with E-state index in [1.165, 1.54) is 19.3 Å². The smallest absolute Gasteiger partial charge is 0.306 e. The molecule has 2 nitrogen and oxygen atoms in total. The first-order chi connectivity index (χ1) is 7.34. The maximum Gasteiger partial charge on any atom is 0.306 e. The fraction of sp³-hybridized carbons (Fsp3) is 0.769. The molecule has 0 amide bonds. The van der Waals surface area contributed by atoms with Crippen molar-refractivity contribution in [2.75, 3.05) is 0 Å². The summed E-state index contributed by atoms with van der Waals surface area (Å²) in [5, 5.41) is 0. The van der Waals surface area contributed by atoms with Crippen LogP contribution >= 0.6 is 0 Å². The van der Waals surface area contributed by atoms with E-state index in [2.05, 4.69) is 12.2 Å². The standard InChI is InChI=1S/C13H20O2/c14-13(10-11-6-4-5-7-11)15-12-8-2-1-3-9-12/h4,6,11-12H,1-3,5,7-10H2. The number of carbonyl (C=O) groups excluding carboxylic acids is 1. The normalized spacial score (nSPS) is 26.8. The minimum absolute atomic E-state index is 0.0125. The molecule has 84 valence electrons. The minimum Gasteiger partial charge on any atom is -0.462 e. The second kappa shape index (κ2) is 5.34. The molecule has 0 spiro atoms. The van der Waals surface area contributed by atoms with Crippen LogP contribution in [-0.2, 0) is 9.53 Å². The summed E-state index contributed by atoms with van der Waals surface area (Å²) in [6.07, 6.45) is 13.3. The lowest BCUT2D eigenvalue weighted by Gasteiger charge is -2.22. The molecular formula is C13H20O2. The number of esters is 1. The predicted octanol–water partition coefficient (Wildman–Crippen LogP) is 3.22. The quantitative estimate of drug-likeness (QED) is 0.526. The molecule has 2 aliphatic carbocycles. The second-order valence-electron chi connectivity index (χ2n) is 4.72. The molecule has 1 fully saturated rings. The van der Waals surface area contributed by atoms with Crippen molar-refractivity contribution >= 4 is 5.97 Å². The zero-order valence-corrected chi connectivity index (χ0v) is 9.28. The van der Waals surface area contributed by atoms with Gasteiger partial charge in [0, 0.05) is 0 Å². The summed E-state index contributed by atoms with van der Waals surface area (Å²) in [5.74, 6) is 0.458. The van der Waals surface area contributed by atoms with Crippen LogP contribution in [0.5, 0.6) is 0 Å². The van der Waals surface area contributed by atoms with Crippen molar-refractivity contribution in [2.24, 2.45) is 5.92 Å². The fourth-order valence-corrected chi connectivity index (χ4v) is 2.50. The molecule has 2 heteroatoms. The summed E-state index contributed by atoms with van der Waals surface area (Å²) in [7, 11) is 0. The Morgan fingerprint density at radius 2 is 2.00 bits per heavy atom. The van der Waals surface area contributed by atoms with Crippen LogP contribution in [-0.4, -0.2) is 12.1 Å². The van der Waals surface area contributed by atoms with Crippen molar-refractivity contribution in [3.05, 3.63) is 12.2 Å². The number of hydrogen-bond donors (Lipinski definition) is 0. The Morgan fingerprint density at radius 1 is 1.20 bits per heavy atom. The highest BCUT2D eigenvalue weighted by Gasteiger charge is 2.20. The molecule has 0 radical (unpaired) electrons. The fourth-order valence-electron chi connectivity index (χ4n) is 2.50. The average molecular weight is 208 g/mol. The Morgan fingerprint density at radius 3 is 2.67 bits per heavy atom. The van der Waals surface area contributed by atoms with Crippen LogP contribution in [0.3, 0.4) is 0 Å². The number of allylic oxidation sites excluding steroid dienone is 2. The van der Waals surface area contributed by atoms with E-state index < -0.39 is 0 Å². The van der Waals surface area contributed by atoms with Crippen molar-refractivity contribution < 1.29 is 9.53 Å². The highest BCUT2D eigenvalue weighted by molar-refractivity contribution is 5.70. The first-order valence-corrected chi connectivity index (χ1v) is 6.21. The summed E-state index contributed by atoms with van der Waals surface area (Å²) < 4.78 is 5.48. The first kappa shape index (κ1) is 10.7. The van der Waals surface area contributed by atoms with Crippen LogP contribution in [0.2, 0.25) is 0 Å². The number of rotatable bonds is 3. The highest BCUT2D eigenvalue weighted by atomic mass is 16.5. The van der Waals surface area contributed by atoms with Crippen LogP contribution in [0.1, 0.15) is 51.4 Å². The molecule has 0 aliphatic heterocycles. The molecule has 15 heavy (non-hydrogen) atoms. The maximum absolute atomic E-state index is 11.6. The van der Waals surface area contributed by atoms with Gasteiger partial charge in [-0.15, -0.1) is 0 Å². The Hall–Kier alpha value is -0.790. The van der Waals surface area contributed by atoms with E-state index in [-0.39, 0.29) is 12.1 Å². The monoisotopic (exact) mass is 208 g/mol. The molecule has 2 rings (SSSR count). The third-order valence-electron chi connectivity index (χ3n) is 3.39. The molecular weight excluding hydrogens is 188 g/mol. The topological polar surface area (TPSA) is 26.3 Å². The molecule has 0 aromatic heterocycles. The van der Waals surface area contributed by atoms with E-state index in [0.29, 0.717) is 12.3 Å². The van der Waals surface area contributed by atoms with Gasteiger partial charge < -0.3 is 4.74 Å². The van der Waals surface area contributed by atoms with Gasteiger partial charge in [0.1, 0.15) is 6.10 Å². The van der Waals surface area contributed by atoms with E-state index in [0.717, 1.165) is 25.7 Å². The maximum atomic E-state index is 11.6. The number of carbonyl (C=O) groups is 1. The molecule has 0 N–H and O–H groups in total. The van der Waals surface area contributed by atoms with E-state index >= 15 is 0 Å². The molecule has 0 saturated heterocycles. The Kier molecular flexibility index (Phi) is 3.81. The summed E-state index contributed by atoms with van der Waals surface area (Å²) in [6.45, 7) is 0. The van der Waals surface area contributed by atoms with Crippen LogP contribution in [0, 0.1) is 5.92 Å². The van der Waals surface area contributed by atoms with Gasteiger partial charge in [-0.05, 0) is 44.4 Å². The summed E-state index contributed by atoms with van der Waals surface area (Å²) >= 11 is 0.